The summed E-state index contributed by atoms with van der Waals surface area (Å²) in [4.78, 5) is 15.3. The van der Waals surface area contributed by atoms with Crippen molar-refractivity contribution in [1.82, 2.24) is 9.55 Å². The SMILES string of the molecule is COCCn1ccc2c(OCC(=O)Nc3ccc(C(F)(F)F)nc3)cccc21. The smallest absolute Gasteiger partial charge is 0.433 e. The lowest BCUT2D eigenvalue weighted by atomic mass is 10.2. The van der Waals surface area contributed by atoms with Crippen molar-refractivity contribution >= 4 is 22.5 Å². The van der Waals surface area contributed by atoms with Gasteiger partial charge in [-0.15, -0.1) is 0 Å². The molecule has 2 heterocycles. The number of fused-ring (bicyclic) bond motifs is 1. The highest BCUT2D eigenvalue weighted by atomic mass is 19.4. The fraction of sp³-hybridized carbons (Fsp3) is 0.263. The van der Waals surface area contributed by atoms with E-state index in [9.17, 15) is 18.0 Å². The molecule has 0 unspecified atom stereocenters. The van der Waals surface area contributed by atoms with Crippen LogP contribution in [0.5, 0.6) is 5.75 Å². The van der Waals surface area contributed by atoms with Crippen LogP contribution in [0.4, 0.5) is 18.9 Å². The van der Waals surface area contributed by atoms with Crippen LogP contribution in [-0.4, -0.2) is 35.8 Å². The average molecular weight is 393 g/mol. The van der Waals surface area contributed by atoms with Crippen molar-refractivity contribution < 1.29 is 27.4 Å². The summed E-state index contributed by atoms with van der Waals surface area (Å²) in [6, 6.07) is 9.34. The predicted octanol–water partition coefficient (Wildman–Crippen LogP) is 3.72. The Morgan fingerprint density at radius 1 is 1.21 bits per heavy atom. The van der Waals surface area contributed by atoms with Gasteiger partial charge in [0.15, 0.2) is 6.61 Å². The van der Waals surface area contributed by atoms with Crippen LogP contribution in [0.3, 0.4) is 0 Å². The van der Waals surface area contributed by atoms with E-state index in [1.807, 2.05) is 29.0 Å². The lowest BCUT2D eigenvalue weighted by Crippen LogP contribution is -2.20. The molecule has 0 aliphatic carbocycles. The van der Waals surface area contributed by atoms with E-state index in [0.717, 1.165) is 29.2 Å². The number of amides is 1. The number of benzene rings is 1. The Morgan fingerprint density at radius 3 is 2.71 bits per heavy atom. The number of aromatic nitrogens is 2. The first-order valence-corrected chi connectivity index (χ1v) is 8.41. The fourth-order valence-electron chi connectivity index (χ4n) is 2.68. The lowest BCUT2D eigenvalue weighted by Gasteiger charge is -2.10. The van der Waals surface area contributed by atoms with Gasteiger partial charge in [-0.1, -0.05) is 6.07 Å². The predicted molar refractivity (Wildman–Crippen MR) is 97.2 cm³/mol. The molecule has 0 radical (unpaired) electrons. The number of rotatable bonds is 7. The summed E-state index contributed by atoms with van der Waals surface area (Å²) in [7, 11) is 1.63. The zero-order valence-electron chi connectivity index (χ0n) is 15.0. The first-order chi connectivity index (χ1) is 13.4. The quantitative estimate of drug-likeness (QED) is 0.665. The van der Waals surface area contributed by atoms with E-state index < -0.39 is 17.8 Å². The normalized spacial score (nSPS) is 11.6. The number of carbonyl (C=O) groups is 1. The Kier molecular flexibility index (Phi) is 5.84. The highest BCUT2D eigenvalue weighted by Crippen LogP contribution is 2.28. The number of hydrogen-bond acceptors (Lipinski definition) is 4. The highest BCUT2D eigenvalue weighted by Gasteiger charge is 2.32. The largest absolute Gasteiger partial charge is 0.483 e. The van der Waals surface area contributed by atoms with Gasteiger partial charge in [0.1, 0.15) is 11.4 Å². The molecule has 3 aromatic rings. The van der Waals surface area contributed by atoms with Crippen LogP contribution in [0.15, 0.2) is 48.8 Å². The van der Waals surface area contributed by atoms with Gasteiger partial charge in [0.25, 0.3) is 5.91 Å². The van der Waals surface area contributed by atoms with E-state index in [1.165, 1.54) is 0 Å². The van der Waals surface area contributed by atoms with Crippen molar-refractivity contribution in [3.8, 4) is 5.75 Å². The molecule has 1 aromatic carbocycles. The topological polar surface area (TPSA) is 65.4 Å². The maximum absolute atomic E-state index is 12.5. The van der Waals surface area contributed by atoms with Gasteiger partial charge in [-0.3, -0.25) is 4.79 Å². The van der Waals surface area contributed by atoms with Crippen molar-refractivity contribution in [2.45, 2.75) is 12.7 Å². The maximum atomic E-state index is 12.5. The first kappa shape index (κ1) is 19.7. The number of ether oxygens (including phenoxy) is 2. The molecule has 2 aromatic heterocycles. The highest BCUT2D eigenvalue weighted by molar-refractivity contribution is 5.92. The molecule has 0 saturated carbocycles. The van der Waals surface area contributed by atoms with Crippen LogP contribution in [0, 0.1) is 0 Å². The molecule has 28 heavy (non-hydrogen) atoms. The minimum absolute atomic E-state index is 0.158. The van der Waals surface area contributed by atoms with E-state index >= 15 is 0 Å². The van der Waals surface area contributed by atoms with Crippen LogP contribution < -0.4 is 10.1 Å². The van der Waals surface area contributed by atoms with Crippen molar-refractivity contribution in [2.24, 2.45) is 0 Å². The van der Waals surface area contributed by atoms with E-state index in [0.29, 0.717) is 18.9 Å². The lowest BCUT2D eigenvalue weighted by molar-refractivity contribution is -0.141. The second kappa shape index (κ2) is 8.30. The van der Waals surface area contributed by atoms with Gasteiger partial charge in [-0.25, -0.2) is 4.98 Å². The van der Waals surface area contributed by atoms with Gasteiger partial charge in [0, 0.05) is 25.2 Å². The molecule has 1 N–H and O–H groups in total. The average Bonchev–Trinajstić information content (AvgIpc) is 3.08. The molecule has 0 spiro atoms. The third-order valence-corrected chi connectivity index (χ3v) is 4.01. The monoisotopic (exact) mass is 393 g/mol. The number of alkyl halides is 3. The van der Waals surface area contributed by atoms with Gasteiger partial charge in [0.05, 0.1) is 24.0 Å². The van der Waals surface area contributed by atoms with E-state index in [-0.39, 0.29) is 12.3 Å². The molecule has 0 aliphatic heterocycles. The Labute approximate surface area is 158 Å². The summed E-state index contributed by atoms with van der Waals surface area (Å²) in [5, 5.41) is 3.31. The summed E-state index contributed by atoms with van der Waals surface area (Å²) in [6.07, 6.45) is -1.66. The molecule has 9 heteroatoms. The number of methoxy groups -OCH3 is 1. The second-order valence-electron chi connectivity index (χ2n) is 5.96. The molecule has 148 valence electrons. The van der Waals surface area contributed by atoms with E-state index in [1.54, 1.807) is 13.2 Å². The molecular formula is C19H18F3N3O3. The maximum Gasteiger partial charge on any atom is 0.433 e. The van der Waals surface area contributed by atoms with Gasteiger partial charge in [-0.05, 0) is 30.3 Å². The third-order valence-electron chi connectivity index (χ3n) is 4.01. The van der Waals surface area contributed by atoms with Crippen LogP contribution in [0.25, 0.3) is 10.9 Å². The molecule has 0 saturated heterocycles. The van der Waals surface area contributed by atoms with Crippen LogP contribution in [-0.2, 0) is 22.3 Å². The Morgan fingerprint density at radius 2 is 2.04 bits per heavy atom. The van der Waals surface area contributed by atoms with Crippen molar-refractivity contribution in [2.75, 3.05) is 25.6 Å². The first-order valence-electron chi connectivity index (χ1n) is 8.41. The van der Waals surface area contributed by atoms with Crippen molar-refractivity contribution in [1.29, 1.82) is 0 Å². The number of hydrogen-bond donors (Lipinski definition) is 1. The standard InChI is InChI=1S/C19H18F3N3O3/c1-27-10-9-25-8-7-14-15(25)3-2-4-16(14)28-12-18(26)24-13-5-6-17(23-11-13)19(20,21)22/h2-8,11H,9-10,12H2,1H3,(H,24,26). The fourth-order valence-corrected chi connectivity index (χ4v) is 2.68. The second-order valence-corrected chi connectivity index (χ2v) is 5.96. The third kappa shape index (κ3) is 4.61. The summed E-state index contributed by atoms with van der Waals surface area (Å²) in [6.45, 7) is 0.965. The zero-order chi connectivity index (χ0) is 20.1. The van der Waals surface area contributed by atoms with E-state index in [4.69, 9.17) is 9.47 Å². The Bertz CT molecular complexity index is 952. The number of nitrogens with one attached hydrogen (secondary N) is 1. The van der Waals surface area contributed by atoms with Crippen LogP contribution in [0.1, 0.15) is 5.69 Å². The van der Waals surface area contributed by atoms with E-state index in [2.05, 4.69) is 10.3 Å². The number of halogens is 3. The number of anilines is 1. The zero-order valence-corrected chi connectivity index (χ0v) is 15.0. The minimum atomic E-state index is -4.52. The molecule has 6 nitrogen and oxygen atoms in total. The summed E-state index contributed by atoms with van der Waals surface area (Å²) < 4.78 is 50.2. The molecule has 0 atom stereocenters. The van der Waals surface area contributed by atoms with Crippen LogP contribution in [0.2, 0.25) is 0 Å². The van der Waals surface area contributed by atoms with Crippen LogP contribution >= 0.6 is 0 Å². The summed E-state index contributed by atoms with van der Waals surface area (Å²) >= 11 is 0. The van der Waals surface area contributed by atoms with Crippen molar-refractivity contribution in [3.05, 3.63) is 54.5 Å². The van der Waals surface area contributed by atoms with Crippen molar-refractivity contribution in [3.63, 3.8) is 0 Å². The van der Waals surface area contributed by atoms with Gasteiger partial charge < -0.3 is 19.4 Å². The minimum Gasteiger partial charge on any atom is -0.483 e. The molecule has 3 rings (SSSR count). The van der Waals surface area contributed by atoms with Gasteiger partial charge >= 0.3 is 6.18 Å². The summed E-state index contributed by atoms with van der Waals surface area (Å²) in [5.74, 6) is 0.0340. The van der Waals surface area contributed by atoms with Gasteiger partial charge in [0.2, 0.25) is 0 Å². The Balaban J connectivity index is 1.62. The number of pyridine rings is 1. The van der Waals surface area contributed by atoms with Gasteiger partial charge in [-0.2, -0.15) is 13.2 Å². The molecular weight excluding hydrogens is 375 g/mol. The summed E-state index contributed by atoms with van der Waals surface area (Å²) in [5.41, 5.74) is 0.0823. The Hall–Kier alpha value is -3.07. The number of nitrogens with zero attached hydrogens (tertiary/aromatic N) is 2. The molecule has 1 amide bonds. The molecule has 0 bridgehead atoms. The molecule has 0 aliphatic rings. The molecule has 0 fully saturated rings. The number of carbonyl (C=O) groups excluding carboxylic acids is 1.